The Morgan fingerprint density at radius 1 is 1.12 bits per heavy atom. The Morgan fingerprint density at radius 3 is 2.59 bits per heavy atom. The second kappa shape index (κ2) is 9.07. The minimum atomic E-state index is -0.488. The van der Waals surface area contributed by atoms with Crippen LogP contribution in [0.4, 0.5) is 0 Å². The SMILES string of the molecule is COc1cc([C@@H]2Oc3ccc(Br)cc3[C@@H]3CC(c4ccc(C)cc4)=NN32)cc(Br)c1OC(C)=O. The summed E-state index contributed by atoms with van der Waals surface area (Å²) >= 11 is 7.13. The predicted octanol–water partition coefficient (Wildman–Crippen LogP) is 6.70. The summed E-state index contributed by atoms with van der Waals surface area (Å²) in [5.41, 5.74) is 5.22. The van der Waals surface area contributed by atoms with Crippen molar-refractivity contribution in [1.29, 1.82) is 0 Å². The Kier molecular flexibility index (Phi) is 6.12. The lowest BCUT2D eigenvalue weighted by Crippen LogP contribution is -2.33. The van der Waals surface area contributed by atoms with E-state index in [1.54, 1.807) is 7.11 Å². The quantitative estimate of drug-likeness (QED) is 0.252. The van der Waals surface area contributed by atoms with Gasteiger partial charge in [-0.1, -0.05) is 45.8 Å². The van der Waals surface area contributed by atoms with Crippen LogP contribution in [0.3, 0.4) is 0 Å². The molecule has 2 aliphatic rings. The van der Waals surface area contributed by atoms with Crippen LogP contribution in [0.2, 0.25) is 0 Å². The summed E-state index contributed by atoms with van der Waals surface area (Å²) in [6.07, 6.45) is 0.272. The molecular formula is C26H22Br2N2O4. The van der Waals surface area contributed by atoms with Gasteiger partial charge in [-0.25, -0.2) is 5.01 Å². The maximum atomic E-state index is 11.6. The number of halogens is 2. The average molecular weight is 586 g/mol. The lowest BCUT2D eigenvalue weighted by molar-refractivity contribution is -0.132. The Morgan fingerprint density at radius 2 is 1.88 bits per heavy atom. The number of carbonyl (C=O) groups excluding carboxylic acids is 1. The van der Waals surface area contributed by atoms with Gasteiger partial charge >= 0.3 is 5.97 Å². The second-order valence-electron chi connectivity index (χ2n) is 8.29. The fraction of sp³-hybridized carbons (Fsp3) is 0.231. The van der Waals surface area contributed by atoms with Gasteiger partial charge in [-0.3, -0.25) is 4.79 Å². The molecule has 0 aromatic heterocycles. The first-order chi connectivity index (χ1) is 16.3. The molecule has 0 aliphatic carbocycles. The van der Waals surface area contributed by atoms with E-state index in [9.17, 15) is 4.79 Å². The van der Waals surface area contributed by atoms with Gasteiger partial charge in [0, 0.05) is 28.9 Å². The first-order valence-corrected chi connectivity index (χ1v) is 12.4. The number of fused-ring (bicyclic) bond motifs is 3. The minimum Gasteiger partial charge on any atom is -0.493 e. The molecule has 174 valence electrons. The van der Waals surface area contributed by atoms with Crippen molar-refractivity contribution >= 4 is 43.5 Å². The Balaban J connectivity index is 1.60. The summed E-state index contributed by atoms with van der Waals surface area (Å²) in [5.74, 6) is 1.16. The van der Waals surface area contributed by atoms with Gasteiger partial charge in [-0.2, -0.15) is 5.10 Å². The van der Waals surface area contributed by atoms with E-state index in [1.165, 1.54) is 12.5 Å². The van der Waals surface area contributed by atoms with Crippen LogP contribution < -0.4 is 14.2 Å². The molecule has 2 atom stereocenters. The van der Waals surface area contributed by atoms with Crippen LogP contribution in [0, 0.1) is 6.92 Å². The Bertz CT molecular complexity index is 1310. The molecule has 0 radical (unpaired) electrons. The summed E-state index contributed by atoms with van der Waals surface area (Å²) in [4.78, 5) is 11.6. The molecule has 6 nitrogen and oxygen atoms in total. The first-order valence-electron chi connectivity index (χ1n) is 10.8. The molecule has 5 rings (SSSR count). The Hall–Kier alpha value is -2.84. The van der Waals surface area contributed by atoms with Gasteiger partial charge in [0.1, 0.15) is 5.75 Å². The molecule has 0 spiro atoms. The van der Waals surface area contributed by atoms with Crippen molar-refractivity contribution in [1.82, 2.24) is 5.01 Å². The highest BCUT2D eigenvalue weighted by Gasteiger charge is 2.41. The highest BCUT2D eigenvalue weighted by Crippen LogP contribution is 2.49. The van der Waals surface area contributed by atoms with Gasteiger partial charge in [0.25, 0.3) is 0 Å². The molecule has 34 heavy (non-hydrogen) atoms. The summed E-state index contributed by atoms with van der Waals surface area (Å²) in [5, 5.41) is 7.03. The number of ether oxygens (including phenoxy) is 3. The molecule has 0 saturated carbocycles. The number of carbonyl (C=O) groups is 1. The monoisotopic (exact) mass is 584 g/mol. The number of nitrogens with zero attached hydrogens (tertiary/aromatic N) is 2. The lowest BCUT2D eigenvalue weighted by Gasteiger charge is -2.38. The lowest BCUT2D eigenvalue weighted by atomic mass is 9.95. The minimum absolute atomic E-state index is 0.0143. The number of esters is 1. The first kappa shape index (κ1) is 22.9. The molecular weight excluding hydrogens is 564 g/mol. The van der Waals surface area contributed by atoms with Gasteiger partial charge in [0.05, 0.1) is 23.3 Å². The van der Waals surface area contributed by atoms with Crippen molar-refractivity contribution in [2.24, 2.45) is 5.10 Å². The summed E-state index contributed by atoms with van der Waals surface area (Å²) < 4.78 is 19.0. The van der Waals surface area contributed by atoms with Crippen molar-refractivity contribution in [2.45, 2.75) is 32.5 Å². The van der Waals surface area contributed by atoms with E-state index in [2.05, 4.69) is 69.1 Å². The fourth-order valence-electron chi connectivity index (χ4n) is 4.32. The van der Waals surface area contributed by atoms with Crippen molar-refractivity contribution in [3.8, 4) is 17.2 Å². The number of hydrazone groups is 1. The van der Waals surface area contributed by atoms with Gasteiger partial charge in [-0.15, -0.1) is 0 Å². The van der Waals surface area contributed by atoms with Crippen LogP contribution in [0.1, 0.15) is 47.9 Å². The number of methoxy groups -OCH3 is 1. The smallest absolute Gasteiger partial charge is 0.308 e. The van der Waals surface area contributed by atoms with Gasteiger partial charge < -0.3 is 14.2 Å². The molecule has 0 amide bonds. The maximum Gasteiger partial charge on any atom is 0.308 e. The van der Waals surface area contributed by atoms with E-state index < -0.39 is 12.2 Å². The second-order valence-corrected chi connectivity index (χ2v) is 10.1. The molecule has 0 saturated heterocycles. The highest BCUT2D eigenvalue weighted by atomic mass is 79.9. The van der Waals surface area contributed by atoms with E-state index >= 15 is 0 Å². The topological polar surface area (TPSA) is 60.4 Å². The zero-order valence-electron chi connectivity index (χ0n) is 18.8. The zero-order valence-corrected chi connectivity index (χ0v) is 22.0. The fourth-order valence-corrected chi connectivity index (χ4v) is 5.24. The normalized spacial score (nSPS) is 18.5. The van der Waals surface area contributed by atoms with Crippen molar-refractivity contribution in [3.63, 3.8) is 0 Å². The molecule has 0 N–H and O–H groups in total. The number of aryl methyl sites for hydroxylation is 1. The number of rotatable bonds is 4. The molecule has 2 aliphatic heterocycles. The molecule has 0 unspecified atom stereocenters. The van der Waals surface area contributed by atoms with E-state index in [0.717, 1.165) is 39.0 Å². The molecule has 2 heterocycles. The van der Waals surface area contributed by atoms with Crippen LogP contribution >= 0.6 is 31.9 Å². The number of benzene rings is 3. The summed E-state index contributed by atoms with van der Waals surface area (Å²) in [6, 6.07) is 18.2. The van der Waals surface area contributed by atoms with Gasteiger partial charge in [0.2, 0.25) is 6.23 Å². The van der Waals surface area contributed by atoms with Crippen LogP contribution in [0.15, 0.2) is 68.6 Å². The van der Waals surface area contributed by atoms with Crippen LogP contribution in [0.25, 0.3) is 0 Å². The average Bonchev–Trinajstić information content (AvgIpc) is 3.26. The predicted molar refractivity (Wildman–Crippen MR) is 136 cm³/mol. The van der Waals surface area contributed by atoms with Crippen LogP contribution in [-0.4, -0.2) is 23.8 Å². The third kappa shape index (κ3) is 4.20. The molecule has 8 heteroatoms. The maximum absolute atomic E-state index is 11.6. The third-order valence-corrected chi connectivity index (χ3v) is 7.00. The van der Waals surface area contributed by atoms with Gasteiger partial charge in [-0.05, 0) is 58.7 Å². The van der Waals surface area contributed by atoms with Crippen LogP contribution in [0.5, 0.6) is 17.2 Å². The molecule has 3 aromatic rings. The van der Waals surface area contributed by atoms with E-state index in [-0.39, 0.29) is 6.04 Å². The largest absolute Gasteiger partial charge is 0.493 e. The van der Waals surface area contributed by atoms with Crippen LogP contribution in [-0.2, 0) is 4.79 Å². The molecule has 3 aromatic carbocycles. The zero-order chi connectivity index (χ0) is 24.0. The molecule has 0 bridgehead atoms. The van der Waals surface area contributed by atoms with Crippen molar-refractivity contribution in [3.05, 3.63) is 85.8 Å². The van der Waals surface area contributed by atoms with E-state index in [0.29, 0.717) is 16.0 Å². The van der Waals surface area contributed by atoms with Crippen molar-refractivity contribution in [2.75, 3.05) is 7.11 Å². The standard InChI is InChI=1S/C26H22Br2N2O4/c1-14-4-6-16(7-5-14)21-13-22-19-12-18(27)8-9-23(19)34-26(30(22)29-21)17-10-20(28)25(33-15(2)31)24(11-17)32-3/h4-12,22,26H,13H2,1-3H3/t22-,26-/m0/s1. The Labute approximate surface area is 214 Å². The summed E-state index contributed by atoms with van der Waals surface area (Å²) in [6.45, 7) is 3.43. The molecule has 0 fully saturated rings. The van der Waals surface area contributed by atoms with E-state index in [1.807, 2.05) is 29.3 Å². The van der Waals surface area contributed by atoms with E-state index in [4.69, 9.17) is 19.3 Å². The van der Waals surface area contributed by atoms with Crippen molar-refractivity contribution < 1.29 is 19.0 Å². The summed E-state index contributed by atoms with van der Waals surface area (Å²) in [7, 11) is 1.54. The highest BCUT2D eigenvalue weighted by molar-refractivity contribution is 9.10. The number of hydrogen-bond donors (Lipinski definition) is 0. The van der Waals surface area contributed by atoms with Gasteiger partial charge in [0.15, 0.2) is 11.5 Å². The number of hydrogen-bond acceptors (Lipinski definition) is 6. The third-order valence-electron chi connectivity index (χ3n) is 5.92.